The molecular formula is C16H12ClF4N7O3. The number of alkyl halides is 3. The average Bonchev–Trinajstić information content (AvgIpc) is 3.39. The number of anilines is 1. The SMILES string of the molecule is N=C(c1nonc1CCCn1cnnc1)N(OC(=O)C(F)(F)F)c1ccc(F)c(Cl)c1. The second-order valence-electron chi connectivity index (χ2n) is 5.98. The number of hydrogen-bond donors (Lipinski definition) is 1. The van der Waals surface area contributed by atoms with E-state index in [4.69, 9.17) is 17.0 Å². The van der Waals surface area contributed by atoms with Crippen LogP contribution >= 0.6 is 11.6 Å². The fraction of sp³-hybridized carbons (Fsp3) is 0.250. The third-order valence-electron chi connectivity index (χ3n) is 3.82. The number of nitrogens with one attached hydrogen (secondary N) is 1. The Kier molecular flexibility index (Phi) is 6.48. The van der Waals surface area contributed by atoms with E-state index in [1.54, 1.807) is 4.57 Å². The van der Waals surface area contributed by atoms with Crippen LogP contribution in [0.3, 0.4) is 0 Å². The van der Waals surface area contributed by atoms with Crippen molar-refractivity contribution in [3.05, 3.63) is 53.1 Å². The monoisotopic (exact) mass is 461 g/mol. The van der Waals surface area contributed by atoms with Gasteiger partial charge >= 0.3 is 12.1 Å². The Morgan fingerprint density at radius 1 is 1.26 bits per heavy atom. The molecule has 0 fully saturated rings. The Balaban J connectivity index is 1.85. The lowest BCUT2D eigenvalue weighted by molar-refractivity contribution is -0.199. The van der Waals surface area contributed by atoms with Crippen LogP contribution in [0, 0.1) is 11.2 Å². The molecule has 0 atom stereocenters. The summed E-state index contributed by atoms with van der Waals surface area (Å²) >= 11 is 5.67. The van der Waals surface area contributed by atoms with Crippen LogP contribution in [-0.4, -0.2) is 43.1 Å². The Bertz CT molecular complexity index is 1070. The number of hydroxylamine groups is 1. The first-order valence-electron chi connectivity index (χ1n) is 8.44. The fourth-order valence-electron chi connectivity index (χ4n) is 2.39. The molecule has 0 spiro atoms. The molecule has 0 aliphatic heterocycles. The van der Waals surface area contributed by atoms with Crippen molar-refractivity contribution >= 4 is 29.1 Å². The van der Waals surface area contributed by atoms with Crippen molar-refractivity contribution in [3.8, 4) is 0 Å². The number of carbonyl (C=O) groups excluding carboxylic acids is 1. The number of nitrogens with zero attached hydrogens (tertiary/aromatic N) is 6. The molecule has 0 amide bonds. The van der Waals surface area contributed by atoms with Crippen molar-refractivity contribution in [3.63, 3.8) is 0 Å². The van der Waals surface area contributed by atoms with Gasteiger partial charge < -0.3 is 9.40 Å². The number of amidine groups is 1. The Morgan fingerprint density at radius 3 is 2.61 bits per heavy atom. The zero-order valence-electron chi connectivity index (χ0n) is 15.3. The Hall–Kier alpha value is -3.55. The molecule has 10 nitrogen and oxygen atoms in total. The minimum Gasteiger partial charge on any atom is -0.326 e. The quantitative estimate of drug-likeness (QED) is 0.257. The van der Waals surface area contributed by atoms with Gasteiger partial charge in [-0.2, -0.15) is 18.2 Å². The third kappa shape index (κ3) is 5.33. The highest BCUT2D eigenvalue weighted by Crippen LogP contribution is 2.27. The Morgan fingerprint density at radius 2 is 1.97 bits per heavy atom. The number of aryl methyl sites for hydroxylation is 2. The summed E-state index contributed by atoms with van der Waals surface area (Å²) in [5, 5.41) is 22.5. The summed E-state index contributed by atoms with van der Waals surface area (Å²) in [4.78, 5) is 15.7. The first-order valence-corrected chi connectivity index (χ1v) is 8.81. The van der Waals surface area contributed by atoms with Gasteiger partial charge in [-0.25, -0.2) is 13.8 Å². The van der Waals surface area contributed by atoms with E-state index >= 15 is 0 Å². The van der Waals surface area contributed by atoms with E-state index in [2.05, 4.69) is 30.0 Å². The predicted octanol–water partition coefficient (Wildman–Crippen LogP) is 2.94. The van der Waals surface area contributed by atoms with Gasteiger partial charge in [0.15, 0.2) is 11.5 Å². The summed E-state index contributed by atoms with van der Waals surface area (Å²) in [5.41, 5.74) is -0.481. The molecular weight excluding hydrogens is 450 g/mol. The lowest BCUT2D eigenvalue weighted by atomic mass is 10.2. The lowest BCUT2D eigenvalue weighted by Crippen LogP contribution is -2.39. The van der Waals surface area contributed by atoms with E-state index in [0.717, 1.165) is 18.2 Å². The predicted molar refractivity (Wildman–Crippen MR) is 95.5 cm³/mol. The van der Waals surface area contributed by atoms with E-state index < -0.39 is 28.8 Å². The summed E-state index contributed by atoms with van der Waals surface area (Å²) < 4.78 is 58.0. The fourth-order valence-corrected chi connectivity index (χ4v) is 2.56. The van der Waals surface area contributed by atoms with Crippen LogP contribution in [0.25, 0.3) is 0 Å². The number of benzene rings is 1. The van der Waals surface area contributed by atoms with Crippen LogP contribution < -0.4 is 5.06 Å². The van der Waals surface area contributed by atoms with Crippen LogP contribution in [-0.2, 0) is 22.6 Å². The Labute approximate surface area is 175 Å². The molecule has 3 rings (SSSR count). The molecule has 2 aromatic heterocycles. The molecule has 2 heterocycles. The van der Waals surface area contributed by atoms with E-state index in [1.807, 2.05) is 0 Å². The van der Waals surface area contributed by atoms with Crippen LogP contribution in [0.2, 0.25) is 5.02 Å². The summed E-state index contributed by atoms with van der Waals surface area (Å²) in [5.74, 6) is -4.28. The minimum atomic E-state index is -5.36. The van der Waals surface area contributed by atoms with Crippen molar-refractivity contribution in [2.75, 3.05) is 5.06 Å². The summed E-state index contributed by atoms with van der Waals surface area (Å²) in [7, 11) is 0. The van der Waals surface area contributed by atoms with Gasteiger partial charge in [0.1, 0.15) is 24.2 Å². The van der Waals surface area contributed by atoms with Gasteiger partial charge in [0, 0.05) is 6.54 Å². The van der Waals surface area contributed by atoms with Crippen molar-refractivity contribution in [2.45, 2.75) is 25.6 Å². The number of carbonyl (C=O) groups is 1. The van der Waals surface area contributed by atoms with Crippen molar-refractivity contribution < 1.29 is 31.8 Å². The van der Waals surface area contributed by atoms with Gasteiger partial charge in [-0.3, -0.25) is 5.41 Å². The normalized spacial score (nSPS) is 11.4. The molecule has 1 aromatic carbocycles. The van der Waals surface area contributed by atoms with Crippen LogP contribution in [0.15, 0.2) is 35.5 Å². The molecule has 3 aromatic rings. The van der Waals surface area contributed by atoms with Crippen LogP contribution in [0.4, 0.5) is 23.2 Å². The van der Waals surface area contributed by atoms with Crippen molar-refractivity contribution in [1.82, 2.24) is 25.1 Å². The van der Waals surface area contributed by atoms with E-state index in [1.165, 1.54) is 12.7 Å². The standard InChI is InChI=1S/C16H12ClF4N7O3/c17-10-6-9(3-4-11(10)18)28(30-15(29)16(19,20)21)14(22)13-12(25-31-26-13)2-1-5-27-7-23-24-8-27/h3-4,6-8,22H,1-2,5H2. The smallest absolute Gasteiger partial charge is 0.326 e. The second kappa shape index (κ2) is 9.07. The molecule has 0 saturated heterocycles. The molecule has 0 aliphatic carbocycles. The maximum Gasteiger partial charge on any atom is 0.493 e. The summed E-state index contributed by atoms with van der Waals surface area (Å²) in [6, 6.07) is 2.69. The van der Waals surface area contributed by atoms with E-state index in [-0.39, 0.29) is 28.6 Å². The zero-order chi connectivity index (χ0) is 22.6. The van der Waals surface area contributed by atoms with Gasteiger partial charge in [0.2, 0.25) is 0 Å². The molecule has 164 valence electrons. The molecule has 15 heteroatoms. The van der Waals surface area contributed by atoms with Gasteiger partial charge in [-0.1, -0.05) is 16.8 Å². The van der Waals surface area contributed by atoms with Crippen molar-refractivity contribution in [2.24, 2.45) is 0 Å². The minimum absolute atomic E-state index is 0.124. The van der Waals surface area contributed by atoms with Gasteiger partial charge in [-0.15, -0.1) is 10.2 Å². The highest BCUT2D eigenvalue weighted by Gasteiger charge is 2.44. The summed E-state index contributed by atoms with van der Waals surface area (Å²) in [6.45, 7) is 0.479. The van der Waals surface area contributed by atoms with Crippen LogP contribution in [0.1, 0.15) is 17.8 Å². The average molecular weight is 462 g/mol. The molecule has 31 heavy (non-hydrogen) atoms. The molecule has 0 saturated carbocycles. The topological polar surface area (TPSA) is 123 Å². The molecule has 0 radical (unpaired) electrons. The van der Waals surface area contributed by atoms with E-state index in [0.29, 0.717) is 13.0 Å². The lowest BCUT2D eigenvalue weighted by Gasteiger charge is -2.23. The molecule has 0 bridgehead atoms. The molecule has 1 N–H and O–H groups in total. The maximum atomic E-state index is 13.5. The largest absolute Gasteiger partial charge is 0.493 e. The molecule has 0 aliphatic rings. The summed E-state index contributed by atoms with van der Waals surface area (Å²) in [6.07, 6.45) is -1.70. The number of hydrogen-bond acceptors (Lipinski definition) is 8. The maximum absolute atomic E-state index is 13.5. The highest BCUT2D eigenvalue weighted by molar-refractivity contribution is 6.31. The van der Waals surface area contributed by atoms with Gasteiger partial charge in [0.25, 0.3) is 0 Å². The third-order valence-corrected chi connectivity index (χ3v) is 4.11. The number of halogens is 5. The second-order valence-corrected chi connectivity index (χ2v) is 6.39. The van der Waals surface area contributed by atoms with E-state index in [9.17, 15) is 22.4 Å². The zero-order valence-corrected chi connectivity index (χ0v) is 16.1. The first kappa shape index (κ1) is 22.1. The number of aromatic nitrogens is 5. The highest BCUT2D eigenvalue weighted by atomic mass is 35.5. The first-order chi connectivity index (χ1) is 14.7. The van der Waals surface area contributed by atoms with Crippen molar-refractivity contribution in [1.29, 1.82) is 5.41 Å². The van der Waals surface area contributed by atoms with Crippen LogP contribution in [0.5, 0.6) is 0 Å². The molecule has 0 unspecified atom stereocenters. The number of rotatable bonds is 6. The van der Waals surface area contributed by atoms with Gasteiger partial charge in [-0.05, 0) is 36.2 Å². The van der Waals surface area contributed by atoms with Gasteiger partial charge in [0.05, 0.1) is 10.7 Å².